The lowest BCUT2D eigenvalue weighted by Gasteiger charge is -2.18. The van der Waals surface area contributed by atoms with Gasteiger partial charge in [0.25, 0.3) is 0 Å². The van der Waals surface area contributed by atoms with E-state index in [0.29, 0.717) is 32.7 Å². The highest BCUT2D eigenvalue weighted by Crippen LogP contribution is 2.42. The highest BCUT2D eigenvalue weighted by atomic mass is 35.5. The Morgan fingerprint density at radius 1 is 0.952 bits per heavy atom. The van der Waals surface area contributed by atoms with E-state index in [2.05, 4.69) is 0 Å². The molecule has 0 amide bonds. The molecule has 0 saturated heterocycles. The smallest absolute Gasteiger partial charge is 0.147 e. The number of benzene rings is 2. The van der Waals surface area contributed by atoms with Gasteiger partial charge in [0.2, 0.25) is 0 Å². The fourth-order valence-corrected chi connectivity index (χ4v) is 2.75. The largest absolute Gasteiger partial charge is 0.495 e. The van der Waals surface area contributed by atoms with Crippen molar-refractivity contribution in [3.05, 3.63) is 56.5 Å². The number of methoxy groups -OCH3 is 2. The number of halogens is 3. The van der Waals surface area contributed by atoms with Crippen molar-refractivity contribution in [2.75, 3.05) is 14.2 Å². The van der Waals surface area contributed by atoms with Gasteiger partial charge in [-0.1, -0.05) is 34.8 Å². The Kier molecular flexibility index (Phi) is 5.22. The van der Waals surface area contributed by atoms with Crippen molar-refractivity contribution in [3.63, 3.8) is 0 Å². The van der Waals surface area contributed by atoms with Crippen LogP contribution in [-0.4, -0.2) is 19.3 Å². The van der Waals surface area contributed by atoms with Crippen LogP contribution in [0.1, 0.15) is 17.2 Å². The normalized spacial score (nSPS) is 12.1. The van der Waals surface area contributed by atoms with Gasteiger partial charge < -0.3 is 14.6 Å². The molecule has 1 atom stereocenters. The summed E-state index contributed by atoms with van der Waals surface area (Å²) in [6, 6.07) is 8.21. The average Bonchev–Trinajstić information content (AvgIpc) is 2.48. The van der Waals surface area contributed by atoms with Gasteiger partial charge >= 0.3 is 0 Å². The first kappa shape index (κ1) is 16.2. The summed E-state index contributed by atoms with van der Waals surface area (Å²) in [4.78, 5) is 0. The first-order chi connectivity index (χ1) is 9.99. The highest BCUT2D eigenvalue weighted by Gasteiger charge is 2.22. The quantitative estimate of drug-likeness (QED) is 0.867. The number of hydrogen-bond donors (Lipinski definition) is 1. The van der Waals surface area contributed by atoms with Crippen LogP contribution in [0, 0.1) is 0 Å². The van der Waals surface area contributed by atoms with Gasteiger partial charge in [0.05, 0.1) is 14.2 Å². The first-order valence-electron chi connectivity index (χ1n) is 6.03. The van der Waals surface area contributed by atoms with E-state index in [1.54, 1.807) is 30.3 Å². The van der Waals surface area contributed by atoms with Crippen LogP contribution < -0.4 is 9.47 Å². The van der Waals surface area contributed by atoms with Crippen molar-refractivity contribution in [2.45, 2.75) is 6.10 Å². The van der Waals surface area contributed by atoms with Gasteiger partial charge in [0.1, 0.15) is 22.6 Å². The van der Waals surface area contributed by atoms with Gasteiger partial charge in [-0.2, -0.15) is 0 Å². The molecule has 6 heteroatoms. The highest BCUT2D eigenvalue weighted by molar-refractivity contribution is 6.34. The molecule has 112 valence electrons. The van der Waals surface area contributed by atoms with E-state index in [0.717, 1.165) is 0 Å². The molecule has 0 fully saturated rings. The molecule has 0 bridgehead atoms. The Bertz CT molecular complexity index is 659. The Hall–Kier alpha value is -1.13. The number of hydrogen-bond acceptors (Lipinski definition) is 3. The van der Waals surface area contributed by atoms with E-state index in [1.807, 2.05) is 0 Å². The molecule has 2 rings (SSSR count). The molecule has 0 aromatic heterocycles. The van der Waals surface area contributed by atoms with E-state index in [4.69, 9.17) is 44.3 Å². The standard InChI is InChI=1S/C15H13Cl3O3/c1-20-12-6-4-9(15(21-2)13(12)18)14(19)10-7-8(16)3-5-11(10)17/h3-7,14,19H,1-2H3. The molecule has 3 nitrogen and oxygen atoms in total. The van der Waals surface area contributed by atoms with Gasteiger partial charge in [0, 0.05) is 21.2 Å². The zero-order chi connectivity index (χ0) is 15.6. The van der Waals surface area contributed by atoms with Gasteiger partial charge in [-0.15, -0.1) is 0 Å². The lowest BCUT2D eigenvalue weighted by atomic mass is 10.0. The van der Waals surface area contributed by atoms with E-state index in [1.165, 1.54) is 14.2 Å². The third-order valence-electron chi connectivity index (χ3n) is 3.06. The van der Waals surface area contributed by atoms with E-state index < -0.39 is 6.10 Å². The Morgan fingerprint density at radius 3 is 2.29 bits per heavy atom. The molecule has 1 unspecified atom stereocenters. The molecular formula is C15H13Cl3O3. The van der Waals surface area contributed by atoms with Crippen LogP contribution in [-0.2, 0) is 0 Å². The molecule has 21 heavy (non-hydrogen) atoms. The lowest BCUT2D eigenvalue weighted by Crippen LogP contribution is -2.04. The summed E-state index contributed by atoms with van der Waals surface area (Å²) in [7, 11) is 2.97. The van der Waals surface area contributed by atoms with Gasteiger partial charge in [-0.3, -0.25) is 0 Å². The number of rotatable bonds is 4. The topological polar surface area (TPSA) is 38.7 Å². The van der Waals surface area contributed by atoms with Gasteiger partial charge in [-0.05, 0) is 30.3 Å². The molecule has 0 spiro atoms. The molecule has 0 aliphatic rings. The second-order valence-electron chi connectivity index (χ2n) is 4.27. The molecule has 2 aromatic carbocycles. The molecule has 0 heterocycles. The van der Waals surface area contributed by atoms with E-state index in [-0.39, 0.29) is 5.02 Å². The fraction of sp³-hybridized carbons (Fsp3) is 0.200. The van der Waals surface area contributed by atoms with Gasteiger partial charge in [-0.25, -0.2) is 0 Å². The van der Waals surface area contributed by atoms with Crippen molar-refractivity contribution < 1.29 is 14.6 Å². The maximum Gasteiger partial charge on any atom is 0.147 e. The van der Waals surface area contributed by atoms with E-state index >= 15 is 0 Å². The molecule has 0 aliphatic carbocycles. The summed E-state index contributed by atoms with van der Waals surface area (Å²) < 4.78 is 10.4. The minimum Gasteiger partial charge on any atom is -0.495 e. The molecule has 2 aromatic rings. The lowest BCUT2D eigenvalue weighted by molar-refractivity contribution is 0.214. The number of aliphatic hydroxyl groups excluding tert-OH is 1. The monoisotopic (exact) mass is 346 g/mol. The minimum atomic E-state index is -1.02. The van der Waals surface area contributed by atoms with Crippen molar-refractivity contribution in [2.24, 2.45) is 0 Å². The summed E-state index contributed by atoms with van der Waals surface area (Å²) in [6.45, 7) is 0. The summed E-state index contributed by atoms with van der Waals surface area (Å²) in [5.41, 5.74) is 0.955. The summed E-state index contributed by atoms with van der Waals surface area (Å²) in [6.07, 6.45) is -1.02. The van der Waals surface area contributed by atoms with Crippen LogP contribution in [0.4, 0.5) is 0 Å². The second kappa shape index (κ2) is 6.75. The van der Waals surface area contributed by atoms with Crippen molar-refractivity contribution in [1.29, 1.82) is 0 Å². The van der Waals surface area contributed by atoms with Crippen LogP contribution in [0.2, 0.25) is 15.1 Å². The third kappa shape index (κ3) is 3.22. The molecular weight excluding hydrogens is 335 g/mol. The molecule has 0 saturated carbocycles. The van der Waals surface area contributed by atoms with Crippen molar-refractivity contribution in [3.8, 4) is 11.5 Å². The van der Waals surface area contributed by atoms with Crippen LogP contribution in [0.25, 0.3) is 0 Å². The summed E-state index contributed by atoms with van der Waals surface area (Å²) in [5.74, 6) is 0.793. The molecule has 0 aliphatic heterocycles. The molecule has 0 radical (unpaired) electrons. The van der Waals surface area contributed by atoms with Crippen LogP contribution in [0.5, 0.6) is 11.5 Å². The Balaban J connectivity index is 2.55. The van der Waals surface area contributed by atoms with Crippen molar-refractivity contribution >= 4 is 34.8 Å². The summed E-state index contributed by atoms with van der Waals surface area (Å²) >= 11 is 18.3. The zero-order valence-electron chi connectivity index (χ0n) is 11.4. The first-order valence-corrected chi connectivity index (χ1v) is 7.16. The maximum absolute atomic E-state index is 10.6. The predicted octanol–water partition coefficient (Wildman–Crippen LogP) is 4.75. The van der Waals surface area contributed by atoms with Crippen LogP contribution in [0.15, 0.2) is 30.3 Å². The Morgan fingerprint density at radius 2 is 1.67 bits per heavy atom. The van der Waals surface area contributed by atoms with Crippen LogP contribution in [0.3, 0.4) is 0 Å². The SMILES string of the molecule is COc1ccc(C(O)c2cc(Cl)ccc2Cl)c(OC)c1Cl. The number of aliphatic hydroxyl groups is 1. The minimum absolute atomic E-state index is 0.287. The second-order valence-corrected chi connectivity index (χ2v) is 5.49. The fourth-order valence-electron chi connectivity index (χ4n) is 2.03. The third-order valence-corrected chi connectivity index (χ3v) is 4.00. The number of ether oxygens (including phenoxy) is 2. The Labute approximate surface area is 138 Å². The maximum atomic E-state index is 10.6. The van der Waals surface area contributed by atoms with Crippen molar-refractivity contribution in [1.82, 2.24) is 0 Å². The average molecular weight is 348 g/mol. The van der Waals surface area contributed by atoms with E-state index in [9.17, 15) is 5.11 Å². The van der Waals surface area contributed by atoms with Gasteiger partial charge in [0.15, 0.2) is 0 Å². The predicted molar refractivity (Wildman–Crippen MR) is 85.1 cm³/mol. The summed E-state index contributed by atoms with van der Waals surface area (Å²) in [5, 5.41) is 11.7. The molecule has 1 N–H and O–H groups in total. The van der Waals surface area contributed by atoms with Crippen LogP contribution >= 0.6 is 34.8 Å². The zero-order valence-corrected chi connectivity index (χ0v) is 13.6.